The van der Waals surface area contributed by atoms with Crippen molar-refractivity contribution in [2.45, 2.75) is 50.2 Å². The van der Waals surface area contributed by atoms with E-state index in [1.165, 1.54) is 11.3 Å². The first-order valence-electron chi connectivity index (χ1n) is 14.2. The summed E-state index contributed by atoms with van der Waals surface area (Å²) in [5.74, 6) is 1.97. The summed E-state index contributed by atoms with van der Waals surface area (Å²) in [6.45, 7) is 1.92. The number of benzene rings is 2. The van der Waals surface area contributed by atoms with Crippen molar-refractivity contribution < 1.29 is 19.0 Å². The maximum Gasteiger partial charge on any atom is 0.281 e. The van der Waals surface area contributed by atoms with Crippen molar-refractivity contribution in [2.75, 3.05) is 39.4 Å². The zero-order valence-electron chi connectivity index (χ0n) is 24.1. The van der Waals surface area contributed by atoms with Crippen LogP contribution in [-0.2, 0) is 28.0 Å². The second-order valence-corrected chi connectivity index (χ2v) is 11.9. The van der Waals surface area contributed by atoms with Gasteiger partial charge in [0.15, 0.2) is 15.5 Å². The first kappa shape index (κ1) is 28.2. The normalized spacial score (nSPS) is 17.4. The van der Waals surface area contributed by atoms with Gasteiger partial charge in [-0.15, -0.1) is 0 Å². The molecular weight excluding hydrogens is 554 g/mol. The van der Waals surface area contributed by atoms with E-state index < -0.39 is 0 Å². The van der Waals surface area contributed by atoms with E-state index in [-0.39, 0.29) is 29.5 Å². The average Bonchev–Trinajstić information content (AvgIpc) is 3.41. The van der Waals surface area contributed by atoms with Crippen LogP contribution in [0.25, 0.3) is 10.3 Å². The lowest BCUT2D eigenvalue weighted by molar-refractivity contribution is -0.122. The summed E-state index contributed by atoms with van der Waals surface area (Å²) in [4.78, 5) is 39.8. The van der Waals surface area contributed by atoms with Crippen LogP contribution in [0.5, 0.6) is 11.5 Å². The Morgan fingerprint density at radius 3 is 2.62 bits per heavy atom. The summed E-state index contributed by atoms with van der Waals surface area (Å²) in [5.41, 5.74) is 1.67. The molecule has 2 aromatic carbocycles. The predicted molar refractivity (Wildman–Crippen MR) is 162 cm³/mol. The molecule has 3 heterocycles. The summed E-state index contributed by atoms with van der Waals surface area (Å²) in [7, 11) is 4.88. The van der Waals surface area contributed by atoms with Crippen LogP contribution in [0.1, 0.15) is 42.6 Å². The third-order valence-corrected chi connectivity index (χ3v) is 9.18. The third-order valence-electron chi connectivity index (χ3n) is 8.19. The van der Waals surface area contributed by atoms with Crippen molar-refractivity contribution in [1.29, 1.82) is 0 Å². The number of anilines is 1. The number of nitrogens with zero attached hydrogens (tertiary/aromatic N) is 4. The molecule has 11 heteroatoms. The number of aromatic nitrogens is 3. The maximum absolute atomic E-state index is 14.1. The van der Waals surface area contributed by atoms with Crippen molar-refractivity contribution in [2.24, 2.45) is 0 Å². The molecule has 0 unspecified atom stereocenters. The molecule has 4 aromatic rings. The number of amides is 1. The van der Waals surface area contributed by atoms with E-state index in [0.29, 0.717) is 52.5 Å². The van der Waals surface area contributed by atoms with Crippen molar-refractivity contribution in [3.8, 4) is 11.5 Å². The van der Waals surface area contributed by atoms with Crippen LogP contribution in [0.15, 0.2) is 53.3 Å². The molecule has 1 aliphatic carbocycles. The minimum Gasteiger partial charge on any atom is -0.497 e. The number of methoxy groups -OCH3 is 3. The second kappa shape index (κ2) is 11.7. The van der Waals surface area contributed by atoms with Crippen LogP contribution in [0.4, 0.5) is 5.13 Å². The zero-order valence-corrected chi connectivity index (χ0v) is 24.9. The number of rotatable bonds is 11. The lowest BCUT2D eigenvalue weighted by Gasteiger charge is -2.23. The molecule has 1 N–H and O–H groups in total. The van der Waals surface area contributed by atoms with E-state index in [1.54, 1.807) is 25.9 Å². The Balaban J connectivity index is 1.35. The van der Waals surface area contributed by atoms with Gasteiger partial charge in [0.1, 0.15) is 23.4 Å². The monoisotopic (exact) mass is 589 g/mol. The highest BCUT2D eigenvalue weighted by Gasteiger charge is 2.48. The highest BCUT2D eigenvalue weighted by Crippen LogP contribution is 2.48. The van der Waals surface area contributed by atoms with Crippen LogP contribution in [-0.4, -0.2) is 61.0 Å². The van der Waals surface area contributed by atoms with Gasteiger partial charge in [-0.25, -0.2) is 9.97 Å². The Morgan fingerprint density at radius 2 is 1.90 bits per heavy atom. The van der Waals surface area contributed by atoms with Gasteiger partial charge < -0.3 is 24.4 Å². The largest absolute Gasteiger partial charge is 0.497 e. The summed E-state index contributed by atoms with van der Waals surface area (Å²) in [6, 6.07) is 15.1. The molecule has 2 aromatic heterocycles. The Hall–Kier alpha value is -3.96. The van der Waals surface area contributed by atoms with Gasteiger partial charge in [0.05, 0.1) is 32.8 Å². The Morgan fingerprint density at radius 1 is 1.10 bits per heavy atom. The number of carbonyl (C=O) groups excluding carboxylic acids is 1. The standard InChI is InChI=1S/C31H35N5O5S/c1-39-19-31(13-14-31)29-34-27-25(28(38)36(29)18-21-11-12-22(40-2)16-24(21)41-3)33-30(42-27)35-15-7-10-23(35)26(37)32-17-20-8-5-4-6-9-20/h4-6,8-9,11-12,16,23H,7,10,13-15,17-19H2,1-3H3,(H,32,37)/t23-/m1/s1. The molecule has 10 nitrogen and oxygen atoms in total. The fourth-order valence-electron chi connectivity index (χ4n) is 5.75. The summed E-state index contributed by atoms with van der Waals surface area (Å²) >= 11 is 1.38. The molecule has 2 fully saturated rings. The highest BCUT2D eigenvalue weighted by atomic mass is 32.1. The third kappa shape index (κ3) is 5.34. The van der Waals surface area contributed by atoms with Crippen LogP contribution in [0.3, 0.4) is 0 Å². The molecule has 0 spiro atoms. The molecule has 2 aliphatic rings. The summed E-state index contributed by atoms with van der Waals surface area (Å²) < 4.78 is 18.3. The molecular formula is C31H35N5O5S. The van der Waals surface area contributed by atoms with Gasteiger partial charge in [0.2, 0.25) is 5.91 Å². The Labute approximate surface area is 248 Å². The van der Waals surface area contributed by atoms with Crippen molar-refractivity contribution >= 4 is 32.7 Å². The van der Waals surface area contributed by atoms with Crippen LogP contribution in [0, 0.1) is 0 Å². The molecule has 1 atom stereocenters. The van der Waals surface area contributed by atoms with Gasteiger partial charge in [0.25, 0.3) is 5.56 Å². The van der Waals surface area contributed by atoms with Gasteiger partial charge in [-0.2, -0.15) is 0 Å². The van der Waals surface area contributed by atoms with E-state index in [4.69, 9.17) is 24.2 Å². The summed E-state index contributed by atoms with van der Waals surface area (Å²) in [6.07, 6.45) is 3.38. The number of carbonyl (C=O) groups is 1. The molecule has 1 saturated carbocycles. The first-order chi connectivity index (χ1) is 20.5. The molecule has 0 radical (unpaired) electrons. The van der Waals surface area contributed by atoms with Gasteiger partial charge >= 0.3 is 0 Å². The number of fused-ring (bicyclic) bond motifs is 1. The lowest BCUT2D eigenvalue weighted by atomic mass is 10.1. The maximum atomic E-state index is 14.1. The van der Waals surface area contributed by atoms with E-state index in [2.05, 4.69) is 5.32 Å². The van der Waals surface area contributed by atoms with Gasteiger partial charge in [0, 0.05) is 31.8 Å². The molecule has 1 aliphatic heterocycles. The minimum atomic E-state index is -0.345. The van der Waals surface area contributed by atoms with Crippen LogP contribution in [0.2, 0.25) is 0 Å². The number of thiazole rings is 1. The zero-order chi connectivity index (χ0) is 29.3. The molecule has 1 amide bonds. The van der Waals surface area contributed by atoms with E-state index in [1.807, 2.05) is 53.4 Å². The first-order valence-corrected chi connectivity index (χ1v) is 15.0. The quantitative estimate of drug-likeness (QED) is 0.281. The van der Waals surface area contributed by atoms with Gasteiger partial charge in [-0.1, -0.05) is 41.7 Å². The molecule has 6 rings (SSSR count). The fourth-order valence-corrected chi connectivity index (χ4v) is 6.76. The SMILES string of the molecule is COCC1(c2nc3sc(N4CCC[C@@H]4C(=O)NCc4ccccc4)nc3c(=O)n2Cc2ccc(OC)cc2OC)CC1. The van der Waals surface area contributed by atoms with E-state index in [0.717, 1.165) is 36.8 Å². The predicted octanol–water partition coefficient (Wildman–Crippen LogP) is 3.88. The summed E-state index contributed by atoms with van der Waals surface area (Å²) in [5, 5.41) is 3.72. The number of ether oxygens (including phenoxy) is 3. The van der Waals surface area contributed by atoms with Crippen molar-refractivity contribution in [3.63, 3.8) is 0 Å². The molecule has 0 bridgehead atoms. The van der Waals surface area contributed by atoms with Crippen molar-refractivity contribution in [1.82, 2.24) is 19.9 Å². The molecule has 1 saturated heterocycles. The molecule has 42 heavy (non-hydrogen) atoms. The lowest BCUT2D eigenvalue weighted by Crippen LogP contribution is -2.43. The van der Waals surface area contributed by atoms with Crippen molar-refractivity contribution in [3.05, 3.63) is 75.8 Å². The smallest absolute Gasteiger partial charge is 0.281 e. The highest BCUT2D eigenvalue weighted by molar-refractivity contribution is 7.21. The molecule has 220 valence electrons. The number of hydrogen-bond donors (Lipinski definition) is 1. The number of nitrogens with one attached hydrogen (secondary N) is 1. The average molecular weight is 590 g/mol. The van der Waals surface area contributed by atoms with Gasteiger partial charge in [-0.3, -0.25) is 14.2 Å². The van der Waals surface area contributed by atoms with Crippen LogP contribution >= 0.6 is 11.3 Å². The minimum absolute atomic E-state index is 0.0368. The van der Waals surface area contributed by atoms with Gasteiger partial charge in [-0.05, 0) is 43.4 Å². The fraction of sp³-hybridized carbons (Fsp3) is 0.419. The Kier molecular flexibility index (Phi) is 7.87. The topological polar surface area (TPSA) is 108 Å². The van der Waals surface area contributed by atoms with E-state index >= 15 is 0 Å². The van der Waals surface area contributed by atoms with E-state index in [9.17, 15) is 9.59 Å². The Bertz CT molecular complexity index is 1650. The number of hydrogen-bond acceptors (Lipinski definition) is 9. The van der Waals surface area contributed by atoms with Crippen LogP contribution < -0.4 is 25.2 Å². The second-order valence-electron chi connectivity index (χ2n) is 10.9.